The van der Waals surface area contributed by atoms with Gasteiger partial charge in [0.25, 0.3) is 0 Å². The van der Waals surface area contributed by atoms with Gasteiger partial charge < -0.3 is 4.42 Å². The summed E-state index contributed by atoms with van der Waals surface area (Å²) in [6, 6.07) is 8.66. The summed E-state index contributed by atoms with van der Waals surface area (Å²) in [7, 11) is 0. The summed E-state index contributed by atoms with van der Waals surface area (Å²) >= 11 is 6.04. The van der Waals surface area contributed by atoms with E-state index >= 15 is 0 Å². The van der Waals surface area contributed by atoms with Gasteiger partial charge >= 0.3 is 0 Å². The molecule has 0 aliphatic carbocycles. The highest BCUT2D eigenvalue weighted by Crippen LogP contribution is 2.23. The Balaban J connectivity index is 2.47. The van der Waals surface area contributed by atoms with E-state index < -0.39 is 0 Å². The minimum absolute atomic E-state index is 0.186. The molecule has 1 aromatic carbocycles. The Hall–Kier alpha value is -1.54. The summed E-state index contributed by atoms with van der Waals surface area (Å²) in [6.45, 7) is 1.86. The normalized spacial score (nSPS) is 10.3. The maximum atomic E-state index is 11.9. The monoisotopic (exact) mass is 220 g/mol. The highest BCUT2D eigenvalue weighted by Gasteiger charge is 2.15. The van der Waals surface area contributed by atoms with Crippen molar-refractivity contribution in [2.75, 3.05) is 0 Å². The number of ketones is 1. The average molecular weight is 221 g/mol. The highest BCUT2D eigenvalue weighted by atomic mass is 35.5. The van der Waals surface area contributed by atoms with Crippen molar-refractivity contribution in [1.29, 1.82) is 0 Å². The van der Waals surface area contributed by atoms with Crippen molar-refractivity contribution in [2.45, 2.75) is 6.92 Å². The van der Waals surface area contributed by atoms with Gasteiger partial charge in [0.15, 0.2) is 5.76 Å². The van der Waals surface area contributed by atoms with Crippen molar-refractivity contribution < 1.29 is 9.21 Å². The zero-order chi connectivity index (χ0) is 10.8. The molecule has 0 fully saturated rings. The van der Waals surface area contributed by atoms with Crippen molar-refractivity contribution in [1.82, 2.24) is 0 Å². The van der Waals surface area contributed by atoms with E-state index in [4.69, 9.17) is 16.0 Å². The van der Waals surface area contributed by atoms with E-state index in [0.717, 1.165) is 5.56 Å². The van der Waals surface area contributed by atoms with Crippen LogP contribution < -0.4 is 0 Å². The van der Waals surface area contributed by atoms with Crippen molar-refractivity contribution in [3.8, 4) is 0 Å². The summed E-state index contributed by atoms with van der Waals surface area (Å²) in [5.74, 6) is 0.121. The lowest BCUT2D eigenvalue weighted by molar-refractivity contribution is 0.101. The number of carbonyl (C=O) groups is 1. The number of benzene rings is 1. The molecule has 0 radical (unpaired) electrons. The first-order chi connectivity index (χ1) is 7.20. The lowest BCUT2D eigenvalue weighted by atomic mass is 10.1. The van der Waals surface area contributed by atoms with Gasteiger partial charge in [-0.05, 0) is 30.7 Å². The second kappa shape index (κ2) is 3.91. The molecule has 3 heteroatoms. The van der Waals surface area contributed by atoms with Gasteiger partial charge in [-0.3, -0.25) is 4.79 Å². The first-order valence-corrected chi connectivity index (χ1v) is 4.91. The highest BCUT2D eigenvalue weighted by molar-refractivity contribution is 6.35. The third kappa shape index (κ3) is 1.81. The fourth-order valence-corrected chi connectivity index (χ4v) is 1.58. The minimum Gasteiger partial charge on any atom is -0.461 e. The van der Waals surface area contributed by atoms with E-state index in [1.807, 2.05) is 13.0 Å². The number of hydrogen-bond donors (Lipinski definition) is 0. The van der Waals surface area contributed by atoms with Gasteiger partial charge in [-0.15, -0.1) is 0 Å². The predicted molar refractivity (Wildman–Crippen MR) is 58.3 cm³/mol. The molecule has 1 heterocycles. The second-order valence-electron chi connectivity index (χ2n) is 3.24. The summed E-state index contributed by atoms with van der Waals surface area (Å²) in [5.41, 5.74) is 1.36. The molecule has 0 spiro atoms. The van der Waals surface area contributed by atoms with Gasteiger partial charge in [0.2, 0.25) is 5.78 Å². The van der Waals surface area contributed by atoms with Crippen LogP contribution in [0.15, 0.2) is 41.0 Å². The van der Waals surface area contributed by atoms with Gasteiger partial charge in [0.1, 0.15) is 0 Å². The Morgan fingerprint density at radius 3 is 2.73 bits per heavy atom. The molecule has 0 aliphatic rings. The van der Waals surface area contributed by atoms with Gasteiger partial charge in [0.05, 0.1) is 11.3 Å². The Labute approximate surface area is 92.5 Å². The molecular weight excluding hydrogens is 212 g/mol. The van der Waals surface area contributed by atoms with Gasteiger partial charge in [-0.25, -0.2) is 0 Å². The molecule has 2 rings (SSSR count). The zero-order valence-electron chi connectivity index (χ0n) is 8.16. The number of rotatable bonds is 2. The first kappa shape index (κ1) is 9.99. The smallest absolute Gasteiger partial charge is 0.229 e. The number of halogens is 1. The predicted octanol–water partition coefficient (Wildman–Crippen LogP) is 3.47. The maximum Gasteiger partial charge on any atom is 0.229 e. The second-order valence-corrected chi connectivity index (χ2v) is 3.62. The molecule has 0 saturated heterocycles. The van der Waals surface area contributed by atoms with Crippen molar-refractivity contribution in [3.05, 3.63) is 58.5 Å². The third-order valence-corrected chi connectivity index (χ3v) is 2.68. The van der Waals surface area contributed by atoms with Crippen molar-refractivity contribution in [2.24, 2.45) is 0 Å². The molecule has 0 aliphatic heterocycles. The molecule has 2 nitrogen and oxygen atoms in total. The largest absolute Gasteiger partial charge is 0.461 e. The molecular formula is C12H9ClO2. The van der Waals surface area contributed by atoms with E-state index in [9.17, 15) is 4.79 Å². The fraction of sp³-hybridized carbons (Fsp3) is 0.0833. The molecule has 0 bridgehead atoms. The van der Waals surface area contributed by atoms with Crippen LogP contribution in [0.4, 0.5) is 0 Å². The third-order valence-electron chi connectivity index (χ3n) is 2.18. The van der Waals surface area contributed by atoms with Crippen LogP contribution in [-0.2, 0) is 0 Å². The number of aryl methyl sites for hydroxylation is 1. The summed E-state index contributed by atoms with van der Waals surface area (Å²) in [6.07, 6.45) is 1.47. The fourth-order valence-electron chi connectivity index (χ4n) is 1.36. The van der Waals surface area contributed by atoms with Gasteiger partial charge in [-0.2, -0.15) is 0 Å². The van der Waals surface area contributed by atoms with E-state index in [2.05, 4.69) is 0 Å². The van der Waals surface area contributed by atoms with Crippen LogP contribution in [0.5, 0.6) is 0 Å². The number of furan rings is 1. The quantitative estimate of drug-likeness (QED) is 0.726. The summed E-state index contributed by atoms with van der Waals surface area (Å²) in [4.78, 5) is 11.9. The SMILES string of the molecule is Cc1cccc(C(=O)c2ccco2)c1Cl. The molecule has 0 N–H and O–H groups in total. The number of hydrogen-bond acceptors (Lipinski definition) is 2. The Morgan fingerprint density at radius 1 is 1.27 bits per heavy atom. The molecule has 0 atom stereocenters. The Bertz CT molecular complexity index is 486. The van der Waals surface area contributed by atoms with Gasteiger partial charge in [-0.1, -0.05) is 23.7 Å². The van der Waals surface area contributed by atoms with Crippen LogP contribution in [-0.4, -0.2) is 5.78 Å². The van der Waals surface area contributed by atoms with E-state index in [1.165, 1.54) is 6.26 Å². The molecule has 2 aromatic rings. The standard InChI is InChI=1S/C12H9ClO2/c1-8-4-2-5-9(11(8)13)12(14)10-6-3-7-15-10/h2-7H,1H3. The van der Waals surface area contributed by atoms with Crippen LogP contribution in [0.2, 0.25) is 5.02 Å². The lowest BCUT2D eigenvalue weighted by Crippen LogP contribution is -2.01. The van der Waals surface area contributed by atoms with Crippen molar-refractivity contribution >= 4 is 17.4 Å². The topological polar surface area (TPSA) is 30.2 Å². The van der Waals surface area contributed by atoms with Crippen LogP contribution in [0.25, 0.3) is 0 Å². The zero-order valence-corrected chi connectivity index (χ0v) is 8.91. The van der Waals surface area contributed by atoms with Crippen LogP contribution >= 0.6 is 11.6 Å². The first-order valence-electron chi connectivity index (χ1n) is 4.53. The van der Waals surface area contributed by atoms with Crippen LogP contribution in [0.1, 0.15) is 21.7 Å². The van der Waals surface area contributed by atoms with E-state index in [1.54, 1.807) is 24.3 Å². The number of carbonyl (C=O) groups excluding carboxylic acids is 1. The molecule has 15 heavy (non-hydrogen) atoms. The molecule has 76 valence electrons. The lowest BCUT2D eigenvalue weighted by Gasteiger charge is -2.03. The Kier molecular flexibility index (Phi) is 2.60. The Morgan fingerprint density at radius 2 is 2.07 bits per heavy atom. The summed E-state index contributed by atoms with van der Waals surface area (Å²) in [5, 5.41) is 0.485. The molecule has 1 aromatic heterocycles. The molecule has 0 saturated carbocycles. The van der Waals surface area contributed by atoms with Gasteiger partial charge in [0, 0.05) is 5.56 Å². The maximum absolute atomic E-state index is 11.9. The average Bonchev–Trinajstić information content (AvgIpc) is 2.74. The summed E-state index contributed by atoms with van der Waals surface area (Å²) < 4.78 is 5.04. The van der Waals surface area contributed by atoms with Crippen molar-refractivity contribution in [3.63, 3.8) is 0 Å². The minimum atomic E-state index is -0.186. The molecule has 0 unspecified atom stereocenters. The van der Waals surface area contributed by atoms with Crippen LogP contribution in [0.3, 0.4) is 0 Å². The van der Waals surface area contributed by atoms with E-state index in [-0.39, 0.29) is 5.78 Å². The van der Waals surface area contributed by atoms with Crippen LogP contribution in [0, 0.1) is 6.92 Å². The molecule has 0 amide bonds. The van der Waals surface area contributed by atoms with E-state index in [0.29, 0.717) is 16.3 Å².